The minimum atomic E-state index is -0.254. The summed E-state index contributed by atoms with van der Waals surface area (Å²) in [6.07, 6.45) is 1.05. The highest BCUT2D eigenvalue weighted by atomic mass is 35.5. The van der Waals surface area contributed by atoms with Gasteiger partial charge in [0.1, 0.15) is 18.2 Å². The third-order valence-electron chi connectivity index (χ3n) is 3.62. The summed E-state index contributed by atoms with van der Waals surface area (Å²) in [5.74, 6) is 0.471. The van der Waals surface area contributed by atoms with Crippen molar-refractivity contribution in [3.8, 4) is 5.75 Å². The fourth-order valence-corrected chi connectivity index (χ4v) is 2.22. The molecule has 118 valence electrons. The normalized spacial score (nSPS) is 12.2. The number of halogens is 2. The van der Waals surface area contributed by atoms with E-state index < -0.39 is 0 Å². The van der Waals surface area contributed by atoms with Gasteiger partial charge in [0.15, 0.2) is 0 Å². The summed E-state index contributed by atoms with van der Waals surface area (Å²) >= 11 is 6.07. The summed E-state index contributed by atoms with van der Waals surface area (Å²) < 4.78 is 19.4. The highest BCUT2D eigenvalue weighted by Gasteiger charge is 2.08. The molecule has 0 heterocycles. The molecule has 0 saturated carbocycles. The number of nitrogens with one attached hydrogen (secondary N) is 1. The summed E-state index contributed by atoms with van der Waals surface area (Å²) in [6, 6.07) is 12.5. The molecule has 0 aliphatic rings. The molecule has 0 amide bonds. The van der Waals surface area contributed by atoms with Gasteiger partial charge in [0, 0.05) is 28.7 Å². The zero-order valence-corrected chi connectivity index (χ0v) is 13.7. The lowest BCUT2D eigenvalue weighted by molar-refractivity contribution is 0.295. The van der Waals surface area contributed by atoms with Crippen LogP contribution < -0.4 is 10.1 Å². The number of hydrogen-bond acceptors (Lipinski definition) is 2. The Morgan fingerprint density at radius 2 is 1.95 bits per heavy atom. The van der Waals surface area contributed by atoms with Crippen LogP contribution in [0.1, 0.15) is 31.4 Å². The number of ether oxygens (including phenoxy) is 1. The first-order valence-electron chi connectivity index (χ1n) is 7.48. The second-order valence-corrected chi connectivity index (χ2v) is 5.76. The predicted octanol–water partition coefficient (Wildman–Crippen LogP) is 4.95. The van der Waals surface area contributed by atoms with Gasteiger partial charge in [-0.15, -0.1) is 0 Å². The van der Waals surface area contributed by atoms with Gasteiger partial charge in [0.2, 0.25) is 0 Å². The van der Waals surface area contributed by atoms with Gasteiger partial charge >= 0.3 is 0 Å². The van der Waals surface area contributed by atoms with Crippen LogP contribution in [0.3, 0.4) is 0 Å². The molecule has 2 aromatic rings. The van der Waals surface area contributed by atoms with Crippen molar-refractivity contribution >= 4 is 11.6 Å². The number of benzene rings is 2. The molecule has 4 heteroatoms. The van der Waals surface area contributed by atoms with E-state index in [0.29, 0.717) is 23.2 Å². The van der Waals surface area contributed by atoms with Crippen molar-refractivity contribution < 1.29 is 9.13 Å². The molecule has 0 aliphatic carbocycles. The minimum Gasteiger partial charge on any atom is -0.488 e. The second kappa shape index (κ2) is 8.16. The number of rotatable bonds is 7. The molecule has 22 heavy (non-hydrogen) atoms. The van der Waals surface area contributed by atoms with E-state index in [1.54, 1.807) is 24.3 Å². The lowest BCUT2D eigenvalue weighted by Gasteiger charge is -2.15. The highest BCUT2D eigenvalue weighted by molar-refractivity contribution is 6.30. The first-order chi connectivity index (χ1) is 10.6. The van der Waals surface area contributed by atoms with Crippen LogP contribution in [0.15, 0.2) is 42.5 Å². The zero-order valence-electron chi connectivity index (χ0n) is 12.9. The average Bonchev–Trinajstić information content (AvgIpc) is 2.53. The molecular weight excluding hydrogens is 301 g/mol. The topological polar surface area (TPSA) is 21.3 Å². The minimum absolute atomic E-state index is 0.199. The Morgan fingerprint density at radius 3 is 2.68 bits per heavy atom. The van der Waals surface area contributed by atoms with Crippen LogP contribution in [0.25, 0.3) is 0 Å². The van der Waals surface area contributed by atoms with Crippen LogP contribution >= 0.6 is 11.6 Å². The molecule has 0 aromatic heterocycles. The summed E-state index contributed by atoms with van der Waals surface area (Å²) in [4.78, 5) is 0. The molecule has 0 unspecified atom stereocenters. The van der Waals surface area contributed by atoms with E-state index in [2.05, 4.69) is 19.2 Å². The van der Waals surface area contributed by atoms with Crippen LogP contribution in [-0.4, -0.2) is 6.04 Å². The van der Waals surface area contributed by atoms with Crippen LogP contribution in [0, 0.1) is 5.82 Å². The van der Waals surface area contributed by atoms with Gasteiger partial charge in [-0.2, -0.15) is 0 Å². The summed E-state index contributed by atoms with van der Waals surface area (Å²) in [6.45, 7) is 5.13. The van der Waals surface area contributed by atoms with Gasteiger partial charge in [-0.25, -0.2) is 4.39 Å². The van der Waals surface area contributed by atoms with E-state index in [-0.39, 0.29) is 12.4 Å². The van der Waals surface area contributed by atoms with E-state index in [1.165, 1.54) is 6.07 Å². The SMILES string of the molecule is CC[C@@H](C)NCc1cc(Cl)ccc1OCc1ccccc1F. The molecule has 0 spiro atoms. The maximum atomic E-state index is 13.6. The summed E-state index contributed by atoms with van der Waals surface area (Å²) in [5.41, 5.74) is 1.52. The van der Waals surface area contributed by atoms with Gasteiger partial charge in [0.05, 0.1) is 0 Å². The Kier molecular flexibility index (Phi) is 6.22. The van der Waals surface area contributed by atoms with Gasteiger partial charge in [-0.3, -0.25) is 0 Å². The van der Waals surface area contributed by atoms with Crippen molar-refractivity contribution in [2.24, 2.45) is 0 Å². The highest BCUT2D eigenvalue weighted by Crippen LogP contribution is 2.24. The zero-order chi connectivity index (χ0) is 15.9. The molecule has 2 nitrogen and oxygen atoms in total. The summed E-state index contributed by atoms with van der Waals surface area (Å²) in [7, 11) is 0. The van der Waals surface area contributed by atoms with E-state index >= 15 is 0 Å². The van der Waals surface area contributed by atoms with Gasteiger partial charge in [-0.05, 0) is 37.6 Å². The fourth-order valence-electron chi connectivity index (χ4n) is 2.03. The Balaban J connectivity index is 2.08. The van der Waals surface area contributed by atoms with Gasteiger partial charge in [-0.1, -0.05) is 36.7 Å². The fraction of sp³-hybridized carbons (Fsp3) is 0.333. The molecule has 0 aliphatic heterocycles. The molecule has 2 aromatic carbocycles. The third-order valence-corrected chi connectivity index (χ3v) is 3.85. The molecule has 1 atom stereocenters. The van der Waals surface area contributed by atoms with Crippen molar-refractivity contribution in [3.63, 3.8) is 0 Å². The monoisotopic (exact) mass is 321 g/mol. The van der Waals surface area contributed by atoms with Gasteiger partial charge < -0.3 is 10.1 Å². The maximum absolute atomic E-state index is 13.6. The van der Waals surface area contributed by atoms with Crippen molar-refractivity contribution in [3.05, 3.63) is 64.4 Å². The molecule has 0 saturated heterocycles. The third kappa shape index (κ3) is 4.72. The second-order valence-electron chi connectivity index (χ2n) is 5.32. The molecule has 1 N–H and O–H groups in total. The molecule has 2 rings (SSSR count). The lowest BCUT2D eigenvalue weighted by Crippen LogP contribution is -2.24. The van der Waals surface area contributed by atoms with E-state index in [1.807, 2.05) is 12.1 Å². The van der Waals surface area contributed by atoms with Crippen LogP contribution in [0.2, 0.25) is 5.02 Å². The Bertz CT molecular complexity index is 618. The standard InChI is InChI=1S/C18H21ClFNO/c1-3-13(2)21-11-15-10-16(19)8-9-18(15)22-12-14-6-4-5-7-17(14)20/h4-10,13,21H,3,11-12H2,1-2H3/t13-/m1/s1. The molecular formula is C18H21ClFNO. The Labute approximate surface area is 136 Å². The average molecular weight is 322 g/mol. The van der Waals surface area contributed by atoms with Crippen LogP contribution in [-0.2, 0) is 13.2 Å². The van der Waals surface area contributed by atoms with E-state index in [0.717, 1.165) is 17.7 Å². The summed E-state index contributed by atoms with van der Waals surface area (Å²) in [5, 5.41) is 4.08. The van der Waals surface area contributed by atoms with Crippen LogP contribution in [0.4, 0.5) is 4.39 Å². The van der Waals surface area contributed by atoms with E-state index in [4.69, 9.17) is 16.3 Å². The smallest absolute Gasteiger partial charge is 0.129 e. The largest absolute Gasteiger partial charge is 0.488 e. The lowest BCUT2D eigenvalue weighted by atomic mass is 10.1. The van der Waals surface area contributed by atoms with Crippen molar-refractivity contribution in [1.29, 1.82) is 0 Å². The van der Waals surface area contributed by atoms with Gasteiger partial charge in [0.25, 0.3) is 0 Å². The quantitative estimate of drug-likeness (QED) is 0.779. The predicted molar refractivity (Wildman–Crippen MR) is 88.8 cm³/mol. The van der Waals surface area contributed by atoms with Crippen molar-refractivity contribution in [2.45, 2.75) is 39.5 Å². The first-order valence-corrected chi connectivity index (χ1v) is 7.86. The Hall–Kier alpha value is -1.58. The van der Waals surface area contributed by atoms with Crippen LogP contribution in [0.5, 0.6) is 5.75 Å². The number of hydrogen-bond donors (Lipinski definition) is 1. The molecule has 0 fully saturated rings. The first kappa shape index (κ1) is 16.8. The molecule has 0 bridgehead atoms. The van der Waals surface area contributed by atoms with Crippen molar-refractivity contribution in [2.75, 3.05) is 0 Å². The maximum Gasteiger partial charge on any atom is 0.129 e. The van der Waals surface area contributed by atoms with Crippen molar-refractivity contribution in [1.82, 2.24) is 5.32 Å². The molecule has 0 radical (unpaired) electrons. The Morgan fingerprint density at radius 1 is 1.18 bits per heavy atom. The van der Waals surface area contributed by atoms with E-state index in [9.17, 15) is 4.39 Å².